The van der Waals surface area contributed by atoms with Gasteiger partial charge in [-0.25, -0.2) is 9.36 Å². The normalized spacial score (nSPS) is 18.9. The Hall–Kier alpha value is -6.28. The largest absolute Gasteiger partial charge is 0.444 e. The number of nitro groups is 1. The Labute approximate surface area is 373 Å². The summed E-state index contributed by atoms with van der Waals surface area (Å²) in [6.45, 7) is 18.5. The lowest BCUT2D eigenvalue weighted by Crippen LogP contribution is -2.52. The fraction of sp³-hybridized carbons (Fsp3) is 0.532. The molecule has 2 aromatic heterocycles. The summed E-state index contributed by atoms with van der Waals surface area (Å²) < 4.78 is 6.83. The minimum atomic E-state index is -0.914. The molecule has 0 unspecified atom stereocenters. The third-order valence-corrected chi connectivity index (χ3v) is 12.9. The molecule has 2 fully saturated rings. The number of benzene rings is 2. The number of fused-ring (bicyclic) bond motifs is 4. The monoisotopic (exact) mass is 876 g/mol. The van der Waals surface area contributed by atoms with Crippen LogP contribution in [0.3, 0.4) is 0 Å². The lowest BCUT2D eigenvalue weighted by Gasteiger charge is -2.39. The first-order chi connectivity index (χ1) is 30.4. The van der Waals surface area contributed by atoms with E-state index in [0.29, 0.717) is 75.2 Å². The van der Waals surface area contributed by atoms with E-state index in [4.69, 9.17) is 4.74 Å². The number of nitriles is 1. The van der Waals surface area contributed by atoms with Gasteiger partial charge in [0.2, 0.25) is 11.8 Å². The van der Waals surface area contributed by atoms with Crippen molar-refractivity contribution in [1.82, 2.24) is 35.0 Å². The van der Waals surface area contributed by atoms with Gasteiger partial charge in [0.05, 0.1) is 23.7 Å². The molecule has 2 aromatic carbocycles. The van der Waals surface area contributed by atoms with E-state index < -0.39 is 28.1 Å². The number of carbonyl (C=O) groups excluding carboxylic acids is 4. The van der Waals surface area contributed by atoms with Gasteiger partial charge in [-0.2, -0.15) is 5.26 Å². The van der Waals surface area contributed by atoms with E-state index in [-0.39, 0.29) is 48.5 Å². The average Bonchev–Trinajstić information content (AvgIpc) is 3.98. The Bertz CT molecular complexity index is 2490. The van der Waals surface area contributed by atoms with E-state index in [2.05, 4.69) is 76.3 Å². The third kappa shape index (κ3) is 9.62. The van der Waals surface area contributed by atoms with Crippen molar-refractivity contribution < 1.29 is 28.8 Å². The predicted molar refractivity (Wildman–Crippen MR) is 241 cm³/mol. The minimum absolute atomic E-state index is 0.00636. The number of H-pyrrole nitrogens is 1. The maximum absolute atomic E-state index is 14.1. The standard InChI is InChI=1S/C47H60N10O7/c1-8-31-24-33-34(47(6,7)42-40(41(33)59)32-14-13-30(26-48)23-36(32)50-42)25-38(31)54-19-21-55(22-20-54)39(58)12-10-16-53-27-29(2)37(28-53)51-43(60)35(52-45(61)64-46(3,4)5)11-9-17-56-18-15-49-44(56)57(62)63/h13-15,18,23-25,29,35,37,50H,8-12,16-17,19-22,27-28H2,1-7H3,(H,51,60)(H,52,61)/t29-,35+,37+/m1/s1. The Kier molecular flexibility index (Phi) is 13.2. The summed E-state index contributed by atoms with van der Waals surface area (Å²) in [6, 6.07) is 10.8. The SMILES string of the molecule is CCc1cc2c(cc1N1CCN(C(=O)CCCN3C[C@@H](C)[C@@H](NC(=O)[C@H](CCCn4ccnc4[N+](=O)[O-])NC(=O)OC(C)(C)C)C3)CC1)C(C)(C)c1[nH]c3cc(C#N)ccc3c1C2=O. The molecule has 3 aliphatic rings. The number of hydrogen-bond acceptors (Lipinski definition) is 11. The molecule has 0 saturated carbocycles. The number of alkyl carbamates (subject to hydrolysis) is 1. The van der Waals surface area contributed by atoms with Crippen LogP contribution in [0.15, 0.2) is 42.7 Å². The van der Waals surface area contributed by atoms with Gasteiger partial charge < -0.3 is 45.2 Å². The number of ketones is 1. The molecule has 64 heavy (non-hydrogen) atoms. The van der Waals surface area contributed by atoms with Crippen LogP contribution in [0.25, 0.3) is 10.9 Å². The smallest absolute Gasteiger partial charge is 0.434 e. The Morgan fingerprint density at radius 2 is 1.84 bits per heavy atom. The minimum Gasteiger partial charge on any atom is -0.444 e. The first-order valence-electron chi connectivity index (χ1n) is 22.4. The Morgan fingerprint density at radius 3 is 2.53 bits per heavy atom. The summed E-state index contributed by atoms with van der Waals surface area (Å²) >= 11 is 0. The summed E-state index contributed by atoms with van der Waals surface area (Å²) in [7, 11) is 0. The maximum atomic E-state index is 14.1. The second kappa shape index (κ2) is 18.4. The molecule has 3 N–H and O–H groups in total. The molecule has 7 rings (SSSR count). The molecule has 2 aliphatic heterocycles. The highest BCUT2D eigenvalue weighted by Gasteiger charge is 2.41. The number of aromatic nitrogens is 3. The highest BCUT2D eigenvalue weighted by Crippen LogP contribution is 2.46. The summed E-state index contributed by atoms with van der Waals surface area (Å²) in [5, 5.41) is 27.5. The highest BCUT2D eigenvalue weighted by molar-refractivity contribution is 6.20. The zero-order valence-corrected chi connectivity index (χ0v) is 38.0. The predicted octanol–water partition coefficient (Wildman–Crippen LogP) is 5.82. The van der Waals surface area contributed by atoms with E-state index in [0.717, 1.165) is 46.4 Å². The molecule has 17 nitrogen and oxygen atoms in total. The van der Waals surface area contributed by atoms with Crippen molar-refractivity contribution in [3.63, 3.8) is 0 Å². The molecule has 17 heteroatoms. The number of nitrogens with zero attached hydrogens (tertiary/aromatic N) is 7. The van der Waals surface area contributed by atoms with Crippen molar-refractivity contribution in [2.45, 2.75) is 110 Å². The highest BCUT2D eigenvalue weighted by atomic mass is 16.6. The molecule has 3 amide bonds. The van der Waals surface area contributed by atoms with Crippen molar-refractivity contribution in [1.29, 1.82) is 5.26 Å². The van der Waals surface area contributed by atoms with Crippen LogP contribution in [0.4, 0.5) is 16.4 Å². The number of aryl methyl sites for hydroxylation is 2. The molecule has 4 heterocycles. The van der Waals surface area contributed by atoms with Gasteiger partial charge >= 0.3 is 12.0 Å². The van der Waals surface area contributed by atoms with Crippen LogP contribution in [0.2, 0.25) is 0 Å². The number of amides is 3. The van der Waals surface area contributed by atoms with Crippen molar-refractivity contribution >= 4 is 46.2 Å². The van der Waals surface area contributed by atoms with Gasteiger partial charge in [-0.1, -0.05) is 38.7 Å². The topological polar surface area (TPSA) is 212 Å². The molecule has 0 spiro atoms. The van der Waals surface area contributed by atoms with Gasteiger partial charge in [0.25, 0.3) is 0 Å². The molecule has 0 radical (unpaired) electrons. The zero-order chi connectivity index (χ0) is 46.1. The van der Waals surface area contributed by atoms with Gasteiger partial charge in [0.1, 0.15) is 24.0 Å². The van der Waals surface area contributed by atoms with Gasteiger partial charge in [-0.15, -0.1) is 0 Å². The van der Waals surface area contributed by atoms with Crippen molar-refractivity contribution in [2.24, 2.45) is 5.92 Å². The van der Waals surface area contributed by atoms with E-state index in [1.165, 1.54) is 17.0 Å². The van der Waals surface area contributed by atoms with E-state index >= 15 is 0 Å². The number of rotatable bonds is 14. The van der Waals surface area contributed by atoms with E-state index in [1.807, 2.05) is 11.0 Å². The number of nitrogens with one attached hydrogen (secondary N) is 3. The van der Waals surface area contributed by atoms with Gasteiger partial charge in [0.15, 0.2) is 5.78 Å². The number of ether oxygens (including phenoxy) is 1. The van der Waals surface area contributed by atoms with Crippen LogP contribution in [-0.2, 0) is 32.7 Å². The average molecular weight is 877 g/mol. The third-order valence-electron chi connectivity index (χ3n) is 12.9. The van der Waals surface area contributed by atoms with E-state index in [1.54, 1.807) is 32.9 Å². The van der Waals surface area contributed by atoms with Crippen LogP contribution in [0.1, 0.15) is 112 Å². The number of carbonyl (C=O) groups is 4. The Balaban J connectivity index is 0.909. The van der Waals surface area contributed by atoms with Crippen molar-refractivity contribution in [3.8, 4) is 6.07 Å². The van der Waals surface area contributed by atoms with Crippen LogP contribution >= 0.6 is 0 Å². The first-order valence-corrected chi connectivity index (χ1v) is 22.4. The molecule has 1 aliphatic carbocycles. The summed E-state index contributed by atoms with van der Waals surface area (Å²) in [5.41, 5.74) is 5.48. The van der Waals surface area contributed by atoms with Crippen LogP contribution in [-0.4, -0.2) is 116 Å². The van der Waals surface area contributed by atoms with Crippen molar-refractivity contribution in [2.75, 3.05) is 50.7 Å². The fourth-order valence-corrected chi connectivity index (χ4v) is 9.52. The lowest BCUT2D eigenvalue weighted by atomic mass is 9.70. The van der Waals surface area contributed by atoms with Gasteiger partial charge in [0, 0.05) is 85.0 Å². The number of imidazole rings is 1. The number of likely N-dealkylation sites (tertiary alicyclic amines) is 1. The lowest BCUT2D eigenvalue weighted by molar-refractivity contribution is -0.396. The van der Waals surface area contributed by atoms with Crippen molar-refractivity contribution in [3.05, 3.63) is 86.4 Å². The molecule has 3 atom stereocenters. The quantitative estimate of drug-likeness (QED) is 0.102. The number of piperazine rings is 1. The second-order valence-corrected chi connectivity index (χ2v) is 18.9. The zero-order valence-electron chi connectivity index (χ0n) is 38.0. The van der Waals surface area contributed by atoms with Gasteiger partial charge in [-0.05, 0) is 99.2 Å². The molecule has 2 saturated heterocycles. The maximum Gasteiger partial charge on any atom is 0.434 e. The number of anilines is 1. The summed E-state index contributed by atoms with van der Waals surface area (Å²) in [6.07, 6.45) is 4.59. The number of aromatic amines is 1. The molecule has 340 valence electrons. The second-order valence-electron chi connectivity index (χ2n) is 18.9. The first kappa shape index (κ1) is 45.7. The summed E-state index contributed by atoms with van der Waals surface area (Å²) in [5.74, 6) is -0.393. The molecule has 0 bridgehead atoms. The number of hydrogen-bond donors (Lipinski definition) is 3. The molecular weight excluding hydrogens is 817 g/mol. The summed E-state index contributed by atoms with van der Waals surface area (Å²) in [4.78, 5) is 78.6. The van der Waals surface area contributed by atoms with Gasteiger partial charge in [-0.3, -0.25) is 14.4 Å². The van der Waals surface area contributed by atoms with Crippen LogP contribution < -0.4 is 15.5 Å². The van der Waals surface area contributed by atoms with E-state index in [9.17, 15) is 34.6 Å². The fourth-order valence-electron chi connectivity index (χ4n) is 9.52. The Morgan fingerprint density at radius 1 is 1.09 bits per heavy atom. The molecule has 4 aromatic rings. The van der Waals surface area contributed by atoms with Crippen LogP contribution in [0.5, 0.6) is 0 Å². The molecular formula is C47H60N10O7. The van der Waals surface area contributed by atoms with Crippen LogP contribution in [0, 0.1) is 27.4 Å².